The highest BCUT2D eigenvalue weighted by molar-refractivity contribution is 7.90. The van der Waals surface area contributed by atoms with Gasteiger partial charge in [-0.25, -0.2) is 8.42 Å². The Kier molecular flexibility index (Phi) is 3.99. The average molecular weight is 304 g/mol. The van der Waals surface area contributed by atoms with E-state index in [1.165, 1.54) is 12.1 Å². The molecule has 0 radical (unpaired) electrons. The van der Waals surface area contributed by atoms with Gasteiger partial charge in [-0.2, -0.15) is 0 Å². The molecule has 0 fully saturated rings. The monoisotopic (exact) mass is 304 g/mol. The summed E-state index contributed by atoms with van der Waals surface area (Å²) in [4.78, 5) is 11.6. The summed E-state index contributed by atoms with van der Waals surface area (Å²) in [7, 11) is -3.58. The van der Waals surface area contributed by atoms with Gasteiger partial charge < -0.3 is 11.5 Å². The van der Waals surface area contributed by atoms with Crippen molar-refractivity contribution < 1.29 is 13.2 Å². The quantitative estimate of drug-likeness (QED) is 0.838. The zero-order valence-electron chi connectivity index (χ0n) is 11.5. The van der Waals surface area contributed by atoms with Crippen molar-refractivity contribution in [2.45, 2.75) is 17.6 Å². The molecule has 4 N–H and O–H groups in total. The molecule has 1 amide bonds. The second kappa shape index (κ2) is 5.57. The van der Waals surface area contributed by atoms with Crippen molar-refractivity contribution in [2.75, 3.05) is 5.73 Å². The van der Waals surface area contributed by atoms with Crippen molar-refractivity contribution in [3.05, 3.63) is 59.2 Å². The fourth-order valence-corrected chi connectivity index (χ4v) is 3.83. The van der Waals surface area contributed by atoms with Gasteiger partial charge in [0.05, 0.1) is 10.6 Å². The van der Waals surface area contributed by atoms with Crippen LogP contribution in [0.5, 0.6) is 0 Å². The summed E-state index contributed by atoms with van der Waals surface area (Å²) in [5.74, 6) is -0.925. The van der Waals surface area contributed by atoms with Crippen LogP contribution in [0, 0.1) is 6.92 Å². The fourth-order valence-electron chi connectivity index (χ4n) is 2.19. The summed E-state index contributed by atoms with van der Waals surface area (Å²) in [6, 6.07) is 11.0. The molecule has 0 aliphatic rings. The van der Waals surface area contributed by atoms with Gasteiger partial charge in [0.2, 0.25) is 5.91 Å². The number of sulfone groups is 1. The van der Waals surface area contributed by atoms with Gasteiger partial charge in [-0.1, -0.05) is 18.2 Å². The molecule has 0 spiro atoms. The summed E-state index contributed by atoms with van der Waals surface area (Å²) in [6.07, 6.45) is 0. The van der Waals surface area contributed by atoms with Crippen molar-refractivity contribution >= 4 is 21.4 Å². The first-order valence-electron chi connectivity index (χ1n) is 6.28. The van der Waals surface area contributed by atoms with Crippen LogP contribution in [0.3, 0.4) is 0 Å². The molecule has 0 aliphatic heterocycles. The Morgan fingerprint density at radius 1 is 1.14 bits per heavy atom. The van der Waals surface area contributed by atoms with Crippen LogP contribution in [0.4, 0.5) is 5.69 Å². The topological polar surface area (TPSA) is 103 Å². The van der Waals surface area contributed by atoms with E-state index in [4.69, 9.17) is 11.5 Å². The molecule has 0 aliphatic carbocycles. The Balaban J connectivity index is 2.45. The summed E-state index contributed by atoms with van der Waals surface area (Å²) >= 11 is 0. The van der Waals surface area contributed by atoms with E-state index in [1.54, 1.807) is 37.3 Å². The number of primary amides is 1. The van der Waals surface area contributed by atoms with Gasteiger partial charge in [-0.05, 0) is 42.3 Å². The summed E-state index contributed by atoms with van der Waals surface area (Å²) in [5, 5.41) is 0. The molecule has 0 heterocycles. The van der Waals surface area contributed by atoms with Crippen molar-refractivity contribution in [2.24, 2.45) is 5.73 Å². The van der Waals surface area contributed by atoms with E-state index in [1.807, 2.05) is 0 Å². The molecule has 0 unspecified atom stereocenters. The van der Waals surface area contributed by atoms with E-state index in [2.05, 4.69) is 0 Å². The highest BCUT2D eigenvalue weighted by atomic mass is 32.2. The zero-order valence-corrected chi connectivity index (χ0v) is 12.4. The number of nitrogens with two attached hydrogens (primary N) is 2. The molecule has 2 rings (SSSR count). The first-order chi connectivity index (χ1) is 9.81. The Morgan fingerprint density at radius 3 is 2.43 bits per heavy atom. The largest absolute Gasteiger partial charge is 0.399 e. The number of anilines is 1. The number of carbonyl (C=O) groups excluding carboxylic acids is 1. The summed E-state index contributed by atoms with van der Waals surface area (Å²) < 4.78 is 25.0. The number of amides is 1. The fraction of sp³-hybridized carbons (Fsp3) is 0.133. The van der Waals surface area contributed by atoms with Gasteiger partial charge in [-0.3, -0.25) is 4.79 Å². The zero-order chi connectivity index (χ0) is 15.6. The van der Waals surface area contributed by atoms with Gasteiger partial charge in [-0.15, -0.1) is 0 Å². The smallest absolute Gasteiger partial charge is 0.249 e. The van der Waals surface area contributed by atoms with Gasteiger partial charge >= 0.3 is 0 Å². The lowest BCUT2D eigenvalue weighted by molar-refractivity contribution is 0.0999. The van der Waals surface area contributed by atoms with Crippen LogP contribution < -0.4 is 11.5 Å². The van der Waals surface area contributed by atoms with Crippen molar-refractivity contribution in [3.63, 3.8) is 0 Å². The minimum absolute atomic E-state index is 0.205. The highest BCUT2D eigenvalue weighted by Crippen LogP contribution is 2.23. The van der Waals surface area contributed by atoms with Crippen LogP contribution in [0.2, 0.25) is 0 Å². The Hall–Kier alpha value is -2.34. The number of nitrogen functional groups attached to an aromatic ring is 1. The number of hydrogen-bond acceptors (Lipinski definition) is 4. The highest BCUT2D eigenvalue weighted by Gasteiger charge is 2.20. The Labute approximate surface area is 123 Å². The van der Waals surface area contributed by atoms with Gasteiger partial charge in [0.1, 0.15) is 0 Å². The number of hydrogen-bond donors (Lipinski definition) is 2. The normalized spacial score (nSPS) is 11.3. The van der Waals surface area contributed by atoms with Crippen molar-refractivity contribution in [1.29, 1.82) is 0 Å². The van der Waals surface area contributed by atoms with Crippen LogP contribution in [0.1, 0.15) is 21.5 Å². The van der Waals surface area contributed by atoms with E-state index >= 15 is 0 Å². The minimum atomic E-state index is -3.58. The second-order valence-electron chi connectivity index (χ2n) is 4.81. The molecule has 0 atom stereocenters. The van der Waals surface area contributed by atoms with E-state index < -0.39 is 15.7 Å². The van der Waals surface area contributed by atoms with E-state index in [9.17, 15) is 13.2 Å². The maximum Gasteiger partial charge on any atom is 0.249 e. The molecule has 5 nitrogen and oxygen atoms in total. The lowest BCUT2D eigenvalue weighted by Gasteiger charge is -2.10. The molecule has 6 heteroatoms. The predicted octanol–water partition coefficient (Wildman–Crippen LogP) is 1.65. The van der Waals surface area contributed by atoms with Crippen LogP contribution in [0.15, 0.2) is 47.4 Å². The third kappa shape index (κ3) is 3.22. The molecular formula is C15H16N2O3S. The first-order valence-corrected chi connectivity index (χ1v) is 7.93. The van der Waals surface area contributed by atoms with Crippen molar-refractivity contribution in [3.8, 4) is 0 Å². The van der Waals surface area contributed by atoms with E-state index in [0.29, 0.717) is 16.8 Å². The maximum absolute atomic E-state index is 12.5. The van der Waals surface area contributed by atoms with Gasteiger partial charge in [0.25, 0.3) is 0 Å². The molecular weight excluding hydrogens is 288 g/mol. The standard InChI is InChI=1S/C15H16N2O3S/c1-10-8-12(16)6-7-14(10)21(19,20)9-11-4-2-3-5-13(11)15(17)18/h2-8H,9,16H2,1H3,(H2,17,18). The van der Waals surface area contributed by atoms with Crippen LogP contribution in [-0.2, 0) is 15.6 Å². The summed E-state index contributed by atoms with van der Waals surface area (Å²) in [6.45, 7) is 1.68. The maximum atomic E-state index is 12.5. The second-order valence-corrected chi connectivity index (χ2v) is 6.76. The Morgan fingerprint density at radius 2 is 1.81 bits per heavy atom. The molecule has 2 aromatic rings. The molecule has 0 aromatic heterocycles. The van der Waals surface area contributed by atoms with Gasteiger partial charge in [0.15, 0.2) is 9.84 Å². The minimum Gasteiger partial charge on any atom is -0.399 e. The predicted molar refractivity (Wildman–Crippen MR) is 81.4 cm³/mol. The van der Waals surface area contributed by atoms with E-state index in [-0.39, 0.29) is 16.2 Å². The number of benzene rings is 2. The molecule has 21 heavy (non-hydrogen) atoms. The van der Waals surface area contributed by atoms with Gasteiger partial charge in [0, 0.05) is 11.3 Å². The number of rotatable bonds is 4. The molecule has 2 aromatic carbocycles. The average Bonchev–Trinajstić information content (AvgIpc) is 2.37. The van der Waals surface area contributed by atoms with Crippen LogP contribution in [-0.4, -0.2) is 14.3 Å². The van der Waals surface area contributed by atoms with Crippen LogP contribution in [0.25, 0.3) is 0 Å². The lowest BCUT2D eigenvalue weighted by atomic mass is 10.1. The number of aryl methyl sites for hydroxylation is 1. The Bertz CT molecular complexity index is 798. The summed E-state index contributed by atoms with van der Waals surface area (Å²) in [5.41, 5.74) is 12.6. The third-order valence-corrected chi connectivity index (χ3v) is 4.98. The van der Waals surface area contributed by atoms with E-state index in [0.717, 1.165) is 0 Å². The first kappa shape index (κ1) is 15.1. The lowest BCUT2D eigenvalue weighted by Crippen LogP contribution is -2.16. The number of carbonyl (C=O) groups is 1. The van der Waals surface area contributed by atoms with Crippen molar-refractivity contribution in [1.82, 2.24) is 0 Å². The third-order valence-electron chi connectivity index (χ3n) is 3.16. The molecule has 0 bridgehead atoms. The molecule has 0 saturated heterocycles. The molecule has 110 valence electrons. The molecule has 0 saturated carbocycles. The van der Waals surface area contributed by atoms with Crippen LogP contribution >= 0.6 is 0 Å². The SMILES string of the molecule is Cc1cc(N)ccc1S(=O)(=O)Cc1ccccc1C(N)=O.